The van der Waals surface area contributed by atoms with Crippen LogP contribution in [0.15, 0.2) is 0 Å². The lowest BCUT2D eigenvalue weighted by molar-refractivity contribution is 0.323. The topological polar surface area (TPSA) is 0 Å². The first-order valence-corrected chi connectivity index (χ1v) is 4.68. The monoisotopic (exact) mass is 139 g/mol. The van der Waals surface area contributed by atoms with Crippen molar-refractivity contribution in [3.05, 3.63) is 6.42 Å². The minimum absolute atomic E-state index is 0.931. The minimum Gasteiger partial charge on any atom is -0.0651 e. The van der Waals surface area contributed by atoms with Crippen molar-refractivity contribution in [2.75, 3.05) is 0 Å². The largest absolute Gasteiger partial charge is 0.0651 e. The Morgan fingerprint density at radius 3 is 2.80 bits per heavy atom. The highest BCUT2D eigenvalue weighted by molar-refractivity contribution is 4.83. The van der Waals surface area contributed by atoms with Crippen molar-refractivity contribution in [3.63, 3.8) is 0 Å². The Hall–Kier alpha value is 0. The molecule has 0 N–H and O–H groups in total. The second kappa shape index (κ2) is 4.00. The van der Waals surface area contributed by atoms with Gasteiger partial charge >= 0.3 is 0 Å². The van der Waals surface area contributed by atoms with Crippen LogP contribution in [0.5, 0.6) is 0 Å². The van der Waals surface area contributed by atoms with Gasteiger partial charge in [0.15, 0.2) is 0 Å². The van der Waals surface area contributed by atoms with Crippen LogP contribution >= 0.6 is 0 Å². The lowest BCUT2D eigenvalue weighted by Crippen LogP contribution is -2.14. The zero-order valence-corrected chi connectivity index (χ0v) is 7.27. The molecule has 0 aliphatic heterocycles. The fourth-order valence-corrected chi connectivity index (χ4v) is 1.79. The average Bonchev–Trinajstić information content (AvgIpc) is 2.05. The molecule has 0 heteroatoms. The molecule has 1 fully saturated rings. The van der Waals surface area contributed by atoms with Crippen LogP contribution in [-0.4, -0.2) is 0 Å². The van der Waals surface area contributed by atoms with E-state index in [-0.39, 0.29) is 0 Å². The van der Waals surface area contributed by atoms with Gasteiger partial charge in [-0.2, -0.15) is 0 Å². The van der Waals surface area contributed by atoms with Gasteiger partial charge in [-0.25, -0.2) is 0 Å². The third-order valence-electron chi connectivity index (χ3n) is 2.84. The summed E-state index contributed by atoms with van der Waals surface area (Å²) in [6.45, 7) is 4.68. The summed E-state index contributed by atoms with van der Waals surface area (Å²) in [6.07, 6.45) is 9.61. The van der Waals surface area contributed by atoms with Gasteiger partial charge in [0.2, 0.25) is 0 Å². The SMILES string of the molecule is CCC(C)C1[CH]CCCC1. The molecule has 0 saturated heterocycles. The smallest absolute Gasteiger partial charge is 0.0352 e. The Balaban J connectivity index is 2.24. The Labute approximate surface area is 65.0 Å². The van der Waals surface area contributed by atoms with E-state index in [0.717, 1.165) is 11.8 Å². The molecule has 2 atom stereocenters. The molecule has 1 aliphatic rings. The van der Waals surface area contributed by atoms with Crippen LogP contribution in [0.1, 0.15) is 46.0 Å². The Kier molecular flexibility index (Phi) is 3.24. The number of hydrogen-bond acceptors (Lipinski definition) is 0. The van der Waals surface area contributed by atoms with Gasteiger partial charge in [-0.15, -0.1) is 0 Å². The molecule has 1 rings (SSSR count). The highest BCUT2D eigenvalue weighted by atomic mass is 14.2. The quantitative estimate of drug-likeness (QED) is 0.550. The van der Waals surface area contributed by atoms with Gasteiger partial charge in [0.05, 0.1) is 0 Å². The van der Waals surface area contributed by atoms with Crippen LogP contribution in [0.3, 0.4) is 0 Å². The second-order valence-electron chi connectivity index (χ2n) is 3.57. The lowest BCUT2D eigenvalue weighted by Gasteiger charge is -2.26. The maximum atomic E-state index is 2.54. The number of rotatable bonds is 2. The summed E-state index contributed by atoms with van der Waals surface area (Å²) < 4.78 is 0. The normalized spacial score (nSPS) is 24.6. The van der Waals surface area contributed by atoms with Crippen molar-refractivity contribution < 1.29 is 0 Å². The zero-order valence-electron chi connectivity index (χ0n) is 7.27. The predicted octanol–water partition coefficient (Wildman–Crippen LogP) is 3.43. The van der Waals surface area contributed by atoms with E-state index in [1.54, 1.807) is 0 Å². The Morgan fingerprint density at radius 2 is 2.30 bits per heavy atom. The van der Waals surface area contributed by atoms with Crippen molar-refractivity contribution >= 4 is 0 Å². The van der Waals surface area contributed by atoms with Crippen LogP contribution in [0.2, 0.25) is 0 Å². The van der Waals surface area contributed by atoms with Crippen molar-refractivity contribution in [3.8, 4) is 0 Å². The molecule has 0 spiro atoms. The molecule has 10 heavy (non-hydrogen) atoms. The summed E-state index contributed by atoms with van der Waals surface area (Å²) in [4.78, 5) is 0. The molecule has 0 aromatic heterocycles. The van der Waals surface area contributed by atoms with Crippen molar-refractivity contribution in [2.24, 2.45) is 11.8 Å². The third kappa shape index (κ3) is 2.00. The van der Waals surface area contributed by atoms with Crippen LogP contribution in [0.4, 0.5) is 0 Å². The summed E-state index contributed by atoms with van der Waals surface area (Å²) in [5.74, 6) is 1.87. The van der Waals surface area contributed by atoms with Gasteiger partial charge in [0.25, 0.3) is 0 Å². The third-order valence-corrected chi connectivity index (χ3v) is 2.84. The van der Waals surface area contributed by atoms with Gasteiger partial charge in [-0.3, -0.25) is 0 Å². The Bertz CT molecular complexity index is 80.0. The van der Waals surface area contributed by atoms with Crippen LogP contribution in [0.25, 0.3) is 0 Å². The second-order valence-corrected chi connectivity index (χ2v) is 3.57. The minimum atomic E-state index is 0.931. The molecule has 0 amide bonds. The molecule has 1 radical (unpaired) electrons. The van der Waals surface area contributed by atoms with E-state index in [4.69, 9.17) is 0 Å². The van der Waals surface area contributed by atoms with E-state index in [9.17, 15) is 0 Å². The van der Waals surface area contributed by atoms with Crippen molar-refractivity contribution in [1.82, 2.24) is 0 Å². The standard InChI is InChI=1S/C10H19/c1-3-9(2)10-7-5-4-6-8-10/h7,9-10H,3-6,8H2,1-2H3. The fraction of sp³-hybridized carbons (Fsp3) is 0.900. The number of hydrogen-bond donors (Lipinski definition) is 0. The van der Waals surface area contributed by atoms with Crippen LogP contribution in [0, 0.1) is 18.3 Å². The van der Waals surface area contributed by atoms with Crippen molar-refractivity contribution in [1.29, 1.82) is 0 Å². The van der Waals surface area contributed by atoms with Gasteiger partial charge in [-0.1, -0.05) is 33.1 Å². The highest BCUT2D eigenvalue weighted by Crippen LogP contribution is 2.30. The molecule has 0 nitrogen and oxygen atoms in total. The molecule has 0 heterocycles. The predicted molar refractivity (Wildman–Crippen MR) is 45.7 cm³/mol. The molecular formula is C10H19. The Morgan fingerprint density at radius 1 is 1.50 bits per heavy atom. The first kappa shape index (κ1) is 8.10. The summed E-state index contributed by atoms with van der Waals surface area (Å²) in [6, 6.07) is 0. The summed E-state index contributed by atoms with van der Waals surface area (Å²) in [5, 5.41) is 0. The summed E-state index contributed by atoms with van der Waals surface area (Å²) in [7, 11) is 0. The van der Waals surface area contributed by atoms with Gasteiger partial charge in [0, 0.05) is 0 Å². The van der Waals surface area contributed by atoms with E-state index in [1.807, 2.05) is 0 Å². The molecule has 1 saturated carbocycles. The van der Waals surface area contributed by atoms with E-state index in [1.165, 1.54) is 32.1 Å². The molecule has 59 valence electrons. The highest BCUT2D eigenvalue weighted by Gasteiger charge is 2.18. The summed E-state index contributed by atoms with van der Waals surface area (Å²) in [5.41, 5.74) is 0. The van der Waals surface area contributed by atoms with E-state index in [2.05, 4.69) is 20.3 Å². The molecule has 0 aromatic carbocycles. The zero-order chi connectivity index (χ0) is 7.40. The summed E-state index contributed by atoms with van der Waals surface area (Å²) >= 11 is 0. The van der Waals surface area contributed by atoms with E-state index < -0.39 is 0 Å². The fourth-order valence-electron chi connectivity index (χ4n) is 1.79. The maximum absolute atomic E-state index is 2.54. The van der Waals surface area contributed by atoms with Gasteiger partial charge in [0.1, 0.15) is 0 Å². The first-order chi connectivity index (χ1) is 4.84. The molecule has 0 bridgehead atoms. The molecular weight excluding hydrogens is 120 g/mol. The first-order valence-electron chi connectivity index (χ1n) is 4.68. The molecule has 1 aliphatic carbocycles. The lowest BCUT2D eigenvalue weighted by atomic mass is 9.80. The van der Waals surface area contributed by atoms with E-state index >= 15 is 0 Å². The van der Waals surface area contributed by atoms with Crippen LogP contribution < -0.4 is 0 Å². The van der Waals surface area contributed by atoms with Crippen LogP contribution in [-0.2, 0) is 0 Å². The van der Waals surface area contributed by atoms with Gasteiger partial charge in [-0.05, 0) is 31.1 Å². The van der Waals surface area contributed by atoms with Gasteiger partial charge < -0.3 is 0 Å². The van der Waals surface area contributed by atoms with Crippen molar-refractivity contribution in [2.45, 2.75) is 46.0 Å². The average molecular weight is 139 g/mol. The molecule has 0 aromatic rings. The molecule has 2 unspecified atom stereocenters. The maximum Gasteiger partial charge on any atom is -0.0352 e. The van der Waals surface area contributed by atoms with E-state index in [0.29, 0.717) is 0 Å².